The normalized spacial score (nSPS) is 21.8. The summed E-state index contributed by atoms with van der Waals surface area (Å²) in [6.07, 6.45) is 10.8. The number of nitrogen functional groups attached to an aromatic ring is 1. The van der Waals surface area contributed by atoms with Gasteiger partial charge < -0.3 is 19.9 Å². The van der Waals surface area contributed by atoms with Crippen molar-refractivity contribution in [3.8, 4) is 11.4 Å². The van der Waals surface area contributed by atoms with E-state index in [0.29, 0.717) is 6.04 Å². The maximum absolute atomic E-state index is 13.6. The number of nitrogens with zero attached hydrogens (tertiary/aromatic N) is 3. The largest absolute Gasteiger partial charge is 0.495 e. The van der Waals surface area contributed by atoms with E-state index < -0.39 is 0 Å². The van der Waals surface area contributed by atoms with Crippen molar-refractivity contribution < 1.29 is 9.53 Å². The zero-order valence-electron chi connectivity index (χ0n) is 19.2. The first kappa shape index (κ1) is 21.3. The van der Waals surface area contributed by atoms with Gasteiger partial charge in [-0.3, -0.25) is 4.79 Å². The first-order valence-electron chi connectivity index (χ1n) is 11.6. The second kappa shape index (κ2) is 8.77. The van der Waals surface area contributed by atoms with Crippen LogP contribution in [-0.2, 0) is 4.79 Å². The van der Waals surface area contributed by atoms with Crippen LogP contribution in [0.2, 0.25) is 0 Å². The zero-order chi connectivity index (χ0) is 22.9. The van der Waals surface area contributed by atoms with Crippen LogP contribution in [0.1, 0.15) is 55.0 Å². The summed E-state index contributed by atoms with van der Waals surface area (Å²) in [7, 11) is 1.67. The maximum Gasteiger partial charge on any atom is 0.250 e. The van der Waals surface area contributed by atoms with E-state index in [4.69, 9.17) is 10.5 Å². The number of carbonyl (C=O) groups excluding carboxylic acids is 1. The van der Waals surface area contributed by atoms with Gasteiger partial charge in [-0.05, 0) is 80.5 Å². The summed E-state index contributed by atoms with van der Waals surface area (Å²) in [6, 6.07) is 14.5. The van der Waals surface area contributed by atoms with Crippen molar-refractivity contribution in [2.24, 2.45) is 0 Å². The minimum absolute atomic E-state index is 0.113. The van der Waals surface area contributed by atoms with Gasteiger partial charge in [0.1, 0.15) is 5.75 Å². The van der Waals surface area contributed by atoms with E-state index in [1.165, 1.54) is 5.56 Å². The van der Waals surface area contributed by atoms with E-state index in [2.05, 4.69) is 22.0 Å². The molecule has 3 aromatic rings. The summed E-state index contributed by atoms with van der Waals surface area (Å²) in [4.78, 5) is 20.1. The lowest BCUT2D eigenvalue weighted by molar-refractivity contribution is -0.136. The highest BCUT2D eigenvalue weighted by Crippen LogP contribution is 2.41. The Bertz CT molecular complexity index is 1200. The van der Waals surface area contributed by atoms with Crippen LogP contribution in [-0.4, -0.2) is 33.5 Å². The minimum atomic E-state index is 0.113. The molecule has 0 saturated carbocycles. The number of carbonyl (C=O) groups is 1. The molecule has 3 heterocycles. The summed E-state index contributed by atoms with van der Waals surface area (Å²) < 4.78 is 7.60. The highest BCUT2D eigenvalue weighted by atomic mass is 16.5. The quantitative estimate of drug-likeness (QED) is 0.452. The van der Waals surface area contributed by atoms with Crippen LogP contribution in [0.5, 0.6) is 5.75 Å². The first-order chi connectivity index (χ1) is 16.0. The van der Waals surface area contributed by atoms with Gasteiger partial charge in [-0.25, -0.2) is 4.98 Å². The van der Waals surface area contributed by atoms with Gasteiger partial charge in [0.15, 0.2) is 0 Å². The number of rotatable bonds is 4. The Kier molecular flexibility index (Phi) is 5.67. The average molecular weight is 443 g/mol. The standard InChI is InChI=1S/C27H30N4O2/c1-18-16-30(17-29-18)25-13-6-19(15-26(25)33-2)14-21-9-12-23-4-3-5-24(31(23)27(21)32)20-7-10-22(28)11-8-20/h6-8,10-11,13-17,23-24H,3-5,9,12,28H2,1-2H3/b21-14+/t23-,24+/m1/s1. The topological polar surface area (TPSA) is 73.4 Å². The lowest BCUT2D eigenvalue weighted by Gasteiger charge is -2.46. The number of hydrogen-bond acceptors (Lipinski definition) is 4. The van der Waals surface area contributed by atoms with E-state index >= 15 is 0 Å². The molecular weight excluding hydrogens is 412 g/mol. The van der Waals surface area contributed by atoms with E-state index in [0.717, 1.165) is 66.1 Å². The number of nitrogens with two attached hydrogens (primary N) is 1. The van der Waals surface area contributed by atoms with Crippen molar-refractivity contribution in [1.82, 2.24) is 14.5 Å². The number of methoxy groups -OCH3 is 1. The van der Waals surface area contributed by atoms with Gasteiger partial charge in [-0.2, -0.15) is 0 Å². The van der Waals surface area contributed by atoms with Crippen LogP contribution in [0.15, 0.2) is 60.6 Å². The number of hydrogen-bond donors (Lipinski definition) is 1. The summed E-state index contributed by atoms with van der Waals surface area (Å²) in [6.45, 7) is 1.96. The Hall–Kier alpha value is -3.54. The molecule has 2 N–H and O–H groups in total. The number of imidazole rings is 1. The number of aromatic nitrogens is 2. The fourth-order valence-corrected chi connectivity index (χ4v) is 5.20. The minimum Gasteiger partial charge on any atom is -0.495 e. The number of anilines is 1. The van der Waals surface area contributed by atoms with Gasteiger partial charge in [0.05, 0.1) is 30.9 Å². The Balaban J connectivity index is 1.44. The molecule has 2 aliphatic heterocycles. The molecule has 1 aromatic heterocycles. The van der Waals surface area contributed by atoms with Crippen LogP contribution >= 0.6 is 0 Å². The molecule has 5 rings (SSSR count). The molecule has 0 unspecified atom stereocenters. The smallest absolute Gasteiger partial charge is 0.250 e. The molecule has 0 radical (unpaired) electrons. The molecule has 170 valence electrons. The molecule has 6 nitrogen and oxygen atoms in total. The Morgan fingerprint density at radius 2 is 1.94 bits per heavy atom. The van der Waals surface area contributed by atoms with Gasteiger partial charge in [-0.15, -0.1) is 0 Å². The Morgan fingerprint density at radius 3 is 2.67 bits per heavy atom. The van der Waals surface area contributed by atoms with Crippen molar-refractivity contribution in [3.63, 3.8) is 0 Å². The number of fused-ring (bicyclic) bond motifs is 1. The van der Waals surface area contributed by atoms with Crippen molar-refractivity contribution in [2.45, 2.75) is 51.1 Å². The predicted octanol–water partition coefficient (Wildman–Crippen LogP) is 5.07. The van der Waals surface area contributed by atoms with Gasteiger partial charge >= 0.3 is 0 Å². The van der Waals surface area contributed by atoms with Gasteiger partial charge in [0, 0.05) is 23.5 Å². The number of aryl methyl sites for hydroxylation is 1. The lowest BCUT2D eigenvalue weighted by Crippen LogP contribution is -2.49. The molecule has 0 spiro atoms. The maximum atomic E-state index is 13.6. The highest BCUT2D eigenvalue weighted by molar-refractivity contribution is 5.99. The zero-order valence-corrected chi connectivity index (χ0v) is 19.2. The van der Waals surface area contributed by atoms with Crippen LogP contribution < -0.4 is 10.5 Å². The molecule has 33 heavy (non-hydrogen) atoms. The van der Waals surface area contributed by atoms with Gasteiger partial charge in [0.2, 0.25) is 0 Å². The van der Waals surface area contributed by atoms with Crippen LogP contribution in [0.4, 0.5) is 5.69 Å². The second-order valence-electron chi connectivity index (χ2n) is 9.04. The van der Waals surface area contributed by atoms with Crippen LogP contribution in [0.3, 0.4) is 0 Å². The summed E-state index contributed by atoms with van der Waals surface area (Å²) in [5, 5.41) is 0. The predicted molar refractivity (Wildman–Crippen MR) is 130 cm³/mol. The number of benzene rings is 2. The molecule has 2 aliphatic rings. The molecule has 2 atom stereocenters. The van der Waals surface area contributed by atoms with Crippen molar-refractivity contribution in [3.05, 3.63) is 77.4 Å². The third-order valence-corrected chi connectivity index (χ3v) is 6.86. The monoisotopic (exact) mass is 442 g/mol. The molecular formula is C27H30N4O2. The molecule has 2 fully saturated rings. The van der Waals surface area contributed by atoms with E-state index in [-0.39, 0.29) is 11.9 Å². The highest BCUT2D eigenvalue weighted by Gasteiger charge is 2.39. The fourth-order valence-electron chi connectivity index (χ4n) is 5.20. The van der Waals surface area contributed by atoms with Crippen molar-refractivity contribution in [1.29, 1.82) is 0 Å². The third kappa shape index (κ3) is 4.13. The van der Waals surface area contributed by atoms with Crippen LogP contribution in [0.25, 0.3) is 11.8 Å². The van der Waals surface area contributed by atoms with Crippen molar-refractivity contribution >= 4 is 17.7 Å². The van der Waals surface area contributed by atoms with Crippen LogP contribution in [0, 0.1) is 6.92 Å². The van der Waals surface area contributed by atoms with Gasteiger partial charge in [-0.1, -0.05) is 18.2 Å². The SMILES string of the molecule is COc1cc(/C=C2\CC[C@H]3CCC[C@@H](c4ccc(N)cc4)N3C2=O)ccc1-n1cnc(C)c1. The third-order valence-electron chi connectivity index (χ3n) is 6.86. The molecule has 2 saturated heterocycles. The lowest BCUT2D eigenvalue weighted by atomic mass is 9.84. The fraction of sp³-hybridized carbons (Fsp3) is 0.333. The van der Waals surface area contributed by atoms with E-state index in [9.17, 15) is 4.79 Å². The van der Waals surface area contributed by atoms with E-state index in [1.807, 2.05) is 54.1 Å². The molecule has 0 bridgehead atoms. The summed E-state index contributed by atoms with van der Waals surface area (Å²) in [5.41, 5.74) is 11.5. The summed E-state index contributed by atoms with van der Waals surface area (Å²) in [5.74, 6) is 0.904. The molecule has 6 heteroatoms. The number of amides is 1. The van der Waals surface area contributed by atoms with Crippen molar-refractivity contribution in [2.75, 3.05) is 12.8 Å². The molecule has 2 aromatic carbocycles. The number of ether oxygens (including phenoxy) is 1. The average Bonchev–Trinajstić information content (AvgIpc) is 3.27. The Labute approximate surface area is 194 Å². The first-order valence-corrected chi connectivity index (χ1v) is 11.6. The summed E-state index contributed by atoms with van der Waals surface area (Å²) >= 11 is 0. The Morgan fingerprint density at radius 1 is 1.12 bits per heavy atom. The second-order valence-corrected chi connectivity index (χ2v) is 9.04. The molecule has 1 amide bonds. The van der Waals surface area contributed by atoms with Gasteiger partial charge in [0.25, 0.3) is 5.91 Å². The van der Waals surface area contributed by atoms with E-state index in [1.54, 1.807) is 13.4 Å². The number of piperidine rings is 2. The molecule has 0 aliphatic carbocycles.